The lowest BCUT2D eigenvalue weighted by molar-refractivity contribution is 0.450. The van der Waals surface area contributed by atoms with Crippen LogP contribution in [-0.2, 0) is 0 Å². The summed E-state index contributed by atoms with van der Waals surface area (Å²) in [5.74, 6) is -0.280. The molecule has 0 fully saturated rings. The van der Waals surface area contributed by atoms with Crippen molar-refractivity contribution in [1.82, 2.24) is 0 Å². The molecule has 0 amide bonds. The molecule has 6 nitrogen and oxygen atoms in total. The van der Waals surface area contributed by atoms with Gasteiger partial charge in [-0.3, -0.25) is 0 Å². The van der Waals surface area contributed by atoms with Gasteiger partial charge >= 0.3 is 0 Å². The smallest absolute Gasteiger partial charge is 0.211 e. The number of phenols is 2. The summed E-state index contributed by atoms with van der Waals surface area (Å²) >= 11 is 0. The molecule has 74 valence electrons. The first-order valence-electron chi connectivity index (χ1n) is 3.73. The van der Waals surface area contributed by atoms with Crippen LogP contribution in [0.25, 0.3) is 0 Å². The first kappa shape index (κ1) is 9.85. The standard InChI is InChI=1S/C8H10N4O2/c9-8(10)12-11-4-5-1-6(13)3-7(14)2-5/h1-4,13-14H,(H4,9,10,12)/b11-4+. The number of rotatable bonds is 2. The zero-order valence-electron chi connectivity index (χ0n) is 7.25. The van der Waals surface area contributed by atoms with E-state index < -0.39 is 0 Å². The minimum atomic E-state index is -0.161. The Hall–Kier alpha value is -2.24. The van der Waals surface area contributed by atoms with Gasteiger partial charge in [0, 0.05) is 11.6 Å². The maximum absolute atomic E-state index is 9.10. The van der Waals surface area contributed by atoms with E-state index >= 15 is 0 Å². The highest BCUT2D eigenvalue weighted by atomic mass is 16.3. The molecule has 0 aromatic heterocycles. The fourth-order valence-corrected chi connectivity index (χ4v) is 0.855. The Labute approximate surface area is 80.2 Å². The van der Waals surface area contributed by atoms with Gasteiger partial charge in [0.15, 0.2) is 0 Å². The molecule has 0 aliphatic rings. The lowest BCUT2D eigenvalue weighted by Gasteiger charge is -1.96. The lowest BCUT2D eigenvalue weighted by Crippen LogP contribution is -2.21. The molecular formula is C8H10N4O2. The Morgan fingerprint density at radius 1 is 1.14 bits per heavy atom. The molecule has 6 heteroatoms. The van der Waals surface area contributed by atoms with Crippen molar-refractivity contribution in [3.63, 3.8) is 0 Å². The van der Waals surface area contributed by atoms with Crippen LogP contribution in [0, 0.1) is 0 Å². The molecule has 14 heavy (non-hydrogen) atoms. The molecule has 1 aromatic rings. The van der Waals surface area contributed by atoms with Crippen molar-refractivity contribution in [3.8, 4) is 11.5 Å². The number of aromatic hydroxyl groups is 2. The first-order valence-corrected chi connectivity index (χ1v) is 3.73. The normalized spacial score (nSPS) is 10.3. The Morgan fingerprint density at radius 3 is 2.21 bits per heavy atom. The van der Waals surface area contributed by atoms with Crippen molar-refractivity contribution in [3.05, 3.63) is 23.8 Å². The molecule has 0 aliphatic heterocycles. The molecular weight excluding hydrogens is 184 g/mol. The molecule has 0 spiro atoms. The highest BCUT2D eigenvalue weighted by Crippen LogP contribution is 2.18. The van der Waals surface area contributed by atoms with E-state index in [0.717, 1.165) is 0 Å². The number of nitrogens with two attached hydrogens (primary N) is 2. The van der Waals surface area contributed by atoms with Gasteiger partial charge in [0.2, 0.25) is 5.96 Å². The van der Waals surface area contributed by atoms with Crippen LogP contribution in [0.2, 0.25) is 0 Å². The summed E-state index contributed by atoms with van der Waals surface area (Å²) in [5.41, 5.74) is 10.6. The van der Waals surface area contributed by atoms with E-state index in [9.17, 15) is 0 Å². The van der Waals surface area contributed by atoms with Crippen LogP contribution in [0.15, 0.2) is 28.4 Å². The fraction of sp³-hybridized carbons (Fsp3) is 0. The number of phenolic OH excluding ortho intramolecular Hbond substituents is 2. The summed E-state index contributed by atoms with van der Waals surface area (Å²) in [7, 11) is 0. The zero-order valence-corrected chi connectivity index (χ0v) is 7.25. The quantitative estimate of drug-likeness (QED) is 0.294. The molecule has 1 aromatic carbocycles. The van der Waals surface area contributed by atoms with Crippen LogP contribution < -0.4 is 11.5 Å². The Kier molecular flexibility index (Phi) is 2.90. The number of hydrogen-bond donors (Lipinski definition) is 4. The highest BCUT2D eigenvalue weighted by molar-refractivity contribution is 5.82. The molecule has 0 unspecified atom stereocenters. The maximum atomic E-state index is 9.10. The van der Waals surface area contributed by atoms with Gasteiger partial charge in [-0.15, -0.1) is 5.10 Å². The molecule has 0 radical (unpaired) electrons. The predicted molar refractivity (Wildman–Crippen MR) is 53.2 cm³/mol. The van der Waals surface area contributed by atoms with E-state index in [-0.39, 0.29) is 17.5 Å². The third kappa shape index (κ3) is 3.02. The number of hydrogen-bond acceptors (Lipinski definition) is 4. The topological polar surface area (TPSA) is 117 Å². The molecule has 0 heterocycles. The summed E-state index contributed by atoms with van der Waals surface area (Å²) in [6.07, 6.45) is 1.30. The third-order valence-electron chi connectivity index (χ3n) is 1.30. The van der Waals surface area contributed by atoms with Gasteiger partial charge in [0.25, 0.3) is 0 Å². The van der Waals surface area contributed by atoms with E-state index in [1.54, 1.807) is 0 Å². The van der Waals surface area contributed by atoms with E-state index in [0.29, 0.717) is 5.56 Å². The Bertz CT molecular complexity index is 363. The average Bonchev–Trinajstić information content (AvgIpc) is 2.01. The van der Waals surface area contributed by atoms with Crippen LogP contribution in [0.1, 0.15) is 5.56 Å². The van der Waals surface area contributed by atoms with E-state index in [2.05, 4.69) is 10.2 Å². The number of nitrogens with zero attached hydrogens (tertiary/aromatic N) is 2. The lowest BCUT2D eigenvalue weighted by atomic mass is 10.2. The van der Waals surface area contributed by atoms with Gasteiger partial charge in [-0.2, -0.15) is 5.10 Å². The maximum Gasteiger partial charge on any atom is 0.211 e. The van der Waals surface area contributed by atoms with Crippen molar-refractivity contribution in [2.75, 3.05) is 0 Å². The minimum Gasteiger partial charge on any atom is -0.508 e. The van der Waals surface area contributed by atoms with Crippen LogP contribution >= 0.6 is 0 Å². The van der Waals surface area contributed by atoms with E-state index in [4.69, 9.17) is 21.7 Å². The zero-order chi connectivity index (χ0) is 10.6. The van der Waals surface area contributed by atoms with Crippen LogP contribution in [0.5, 0.6) is 11.5 Å². The molecule has 6 N–H and O–H groups in total. The summed E-state index contributed by atoms with van der Waals surface area (Å²) < 4.78 is 0. The summed E-state index contributed by atoms with van der Waals surface area (Å²) in [6.45, 7) is 0. The number of benzene rings is 1. The van der Waals surface area contributed by atoms with Crippen LogP contribution in [0.4, 0.5) is 0 Å². The monoisotopic (exact) mass is 194 g/mol. The van der Waals surface area contributed by atoms with E-state index in [1.165, 1.54) is 24.4 Å². The van der Waals surface area contributed by atoms with Gasteiger partial charge in [-0.1, -0.05) is 0 Å². The molecule has 0 atom stereocenters. The average molecular weight is 194 g/mol. The number of guanidine groups is 1. The molecule has 0 bridgehead atoms. The largest absolute Gasteiger partial charge is 0.508 e. The summed E-state index contributed by atoms with van der Waals surface area (Å²) in [6, 6.07) is 4.02. The Balaban J connectivity index is 2.87. The predicted octanol–water partition coefficient (Wildman–Crippen LogP) is -0.295. The van der Waals surface area contributed by atoms with Crippen molar-refractivity contribution in [2.24, 2.45) is 21.7 Å². The second-order valence-electron chi connectivity index (χ2n) is 2.55. The fourth-order valence-electron chi connectivity index (χ4n) is 0.855. The molecule has 0 saturated heterocycles. The van der Waals surface area contributed by atoms with Gasteiger partial charge in [0.05, 0.1) is 6.21 Å². The van der Waals surface area contributed by atoms with E-state index in [1.807, 2.05) is 0 Å². The minimum absolute atomic E-state index is 0.0591. The highest BCUT2D eigenvalue weighted by Gasteiger charge is 1.95. The molecule has 0 aliphatic carbocycles. The second kappa shape index (κ2) is 4.13. The van der Waals surface area contributed by atoms with Crippen molar-refractivity contribution in [2.45, 2.75) is 0 Å². The van der Waals surface area contributed by atoms with Crippen molar-refractivity contribution < 1.29 is 10.2 Å². The third-order valence-corrected chi connectivity index (χ3v) is 1.30. The van der Waals surface area contributed by atoms with Gasteiger partial charge < -0.3 is 21.7 Å². The van der Waals surface area contributed by atoms with Gasteiger partial charge in [-0.25, -0.2) is 0 Å². The molecule has 1 rings (SSSR count). The van der Waals surface area contributed by atoms with Crippen molar-refractivity contribution in [1.29, 1.82) is 0 Å². The van der Waals surface area contributed by atoms with Gasteiger partial charge in [0.1, 0.15) is 11.5 Å². The summed E-state index contributed by atoms with van der Waals surface area (Å²) in [4.78, 5) is 0. The summed E-state index contributed by atoms with van der Waals surface area (Å²) in [5, 5.41) is 25.1. The van der Waals surface area contributed by atoms with Crippen molar-refractivity contribution >= 4 is 12.2 Å². The van der Waals surface area contributed by atoms with Crippen LogP contribution in [-0.4, -0.2) is 22.4 Å². The SMILES string of the molecule is NC(N)=N/N=C/c1cc(O)cc(O)c1. The van der Waals surface area contributed by atoms with Crippen LogP contribution in [0.3, 0.4) is 0 Å². The Morgan fingerprint density at radius 2 is 1.71 bits per heavy atom. The molecule has 0 saturated carbocycles. The second-order valence-corrected chi connectivity index (χ2v) is 2.55. The first-order chi connectivity index (χ1) is 6.58. The van der Waals surface area contributed by atoms with Gasteiger partial charge in [-0.05, 0) is 12.1 Å².